The highest BCUT2D eigenvalue weighted by atomic mass is 35.5. The number of anilines is 2. The summed E-state index contributed by atoms with van der Waals surface area (Å²) in [4.78, 5) is 79.8. The molecule has 0 radical (unpaired) electrons. The number of likely N-dealkylation sites (tertiary alicyclic amines) is 1. The number of ether oxygens (including phenoxy) is 1. The van der Waals surface area contributed by atoms with E-state index in [1.54, 1.807) is 35.2 Å². The van der Waals surface area contributed by atoms with Crippen molar-refractivity contribution in [3.05, 3.63) is 137 Å². The molecule has 65 heavy (non-hydrogen) atoms. The number of imide groups is 1. The summed E-state index contributed by atoms with van der Waals surface area (Å²) in [7, 11) is 0. The van der Waals surface area contributed by atoms with E-state index in [1.807, 2.05) is 72.3 Å². The van der Waals surface area contributed by atoms with Crippen LogP contribution in [0, 0.1) is 6.92 Å². The van der Waals surface area contributed by atoms with Crippen molar-refractivity contribution in [3.8, 4) is 22.8 Å². The monoisotopic (exact) mass is 892 g/mol. The highest BCUT2D eigenvalue weighted by Crippen LogP contribution is 2.36. The number of hydrogen-bond donors (Lipinski definition) is 3. The Kier molecular flexibility index (Phi) is 11.7. The first-order chi connectivity index (χ1) is 31.4. The molecule has 6 aromatic rings. The average molecular weight is 893 g/mol. The minimum Gasteiger partial charge on any atom is -0.457 e. The van der Waals surface area contributed by atoms with Crippen LogP contribution in [-0.4, -0.2) is 89.8 Å². The van der Waals surface area contributed by atoms with Crippen LogP contribution in [0.25, 0.3) is 22.3 Å². The van der Waals surface area contributed by atoms with Crippen molar-refractivity contribution in [2.75, 3.05) is 30.7 Å². The maximum Gasteiger partial charge on any atom is 0.322 e. The van der Waals surface area contributed by atoms with Crippen molar-refractivity contribution in [3.63, 3.8) is 0 Å². The van der Waals surface area contributed by atoms with Crippen LogP contribution in [0.15, 0.2) is 109 Å². The van der Waals surface area contributed by atoms with E-state index in [2.05, 4.69) is 27.2 Å². The van der Waals surface area contributed by atoms with Crippen LogP contribution in [0.3, 0.4) is 0 Å². The fourth-order valence-electron chi connectivity index (χ4n) is 8.64. The van der Waals surface area contributed by atoms with E-state index in [0.29, 0.717) is 69.4 Å². The van der Waals surface area contributed by atoms with Crippen LogP contribution in [0.5, 0.6) is 11.5 Å². The van der Waals surface area contributed by atoms with Crippen LogP contribution in [-0.2, 0) is 27.5 Å². The number of urea groups is 1. The molecule has 2 fully saturated rings. The van der Waals surface area contributed by atoms with Gasteiger partial charge in [0.05, 0.1) is 18.0 Å². The number of amides is 6. The molecule has 1 unspecified atom stereocenters. The molecule has 0 saturated carbocycles. The number of carbonyl (C=O) groups excluding carboxylic acids is 5. The fourth-order valence-corrected chi connectivity index (χ4v) is 8.82. The van der Waals surface area contributed by atoms with Gasteiger partial charge in [-0.25, -0.2) is 19.4 Å². The maximum atomic E-state index is 14.3. The molecule has 0 spiro atoms. The minimum atomic E-state index is -0.762. The minimum absolute atomic E-state index is 0.0583. The van der Waals surface area contributed by atoms with Gasteiger partial charge in [0.25, 0.3) is 11.8 Å². The van der Waals surface area contributed by atoms with Gasteiger partial charge in [-0.15, -0.1) is 0 Å². The van der Waals surface area contributed by atoms with Crippen molar-refractivity contribution in [2.24, 2.45) is 0 Å². The lowest BCUT2D eigenvalue weighted by atomic mass is 10.0. The van der Waals surface area contributed by atoms with E-state index >= 15 is 0 Å². The lowest BCUT2D eigenvalue weighted by molar-refractivity contribution is -0.137. The molecular formula is C48H45ClN10O6. The summed E-state index contributed by atoms with van der Waals surface area (Å²) in [5.41, 5.74) is 11.7. The second-order valence-electron chi connectivity index (χ2n) is 16.5. The zero-order chi connectivity index (χ0) is 45.4. The van der Waals surface area contributed by atoms with E-state index in [4.69, 9.17) is 27.2 Å². The van der Waals surface area contributed by atoms with Crippen LogP contribution in [0.1, 0.15) is 58.8 Å². The lowest BCUT2D eigenvalue weighted by Crippen LogP contribution is -2.52. The molecular weight excluding hydrogens is 848 g/mol. The number of nitrogens with one attached hydrogen (secondary N) is 2. The van der Waals surface area contributed by atoms with Crippen LogP contribution >= 0.6 is 11.6 Å². The predicted octanol–water partition coefficient (Wildman–Crippen LogP) is 7.04. The van der Waals surface area contributed by atoms with Crippen molar-refractivity contribution in [2.45, 2.75) is 57.8 Å². The molecule has 2 saturated heterocycles. The molecule has 2 atom stereocenters. The topological polar surface area (TPSA) is 198 Å². The smallest absolute Gasteiger partial charge is 0.322 e. The lowest BCUT2D eigenvalue weighted by Gasteiger charge is -2.34. The highest BCUT2D eigenvalue weighted by molar-refractivity contribution is 6.31. The number of fused-ring (bicyclic) bond motifs is 2. The van der Waals surface area contributed by atoms with E-state index in [9.17, 15) is 24.0 Å². The standard InChI is InChI=1S/C48H45ClN10O6/c1-28-10-14-33(22-38(28)49)53-48(64)57(24-30-11-17-37-32(21-30)25-58(47(37)63)39-18-19-40(60)54-45(39)61)23-29(2)46(62)56-20-6-7-34(26-56)59-44-41(43(50)51-27-52-44)42(55-59)31-12-15-36(16-13-31)65-35-8-4-3-5-9-35/h3-5,8-17,21-22,27,34,39H,2,6-7,18-20,23-26H2,1H3,(H,53,64)(H2,50,51,52)(H,54,60,61)/t34-,39?/m1/s1. The quantitative estimate of drug-likeness (QED) is 0.0896. The third-order valence-corrected chi connectivity index (χ3v) is 12.4. The van der Waals surface area contributed by atoms with Crippen molar-refractivity contribution in [1.29, 1.82) is 0 Å². The molecule has 16 nitrogen and oxygen atoms in total. The zero-order valence-corrected chi connectivity index (χ0v) is 36.3. The van der Waals surface area contributed by atoms with Crippen LogP contribution in [0.4, 0.5) is 16.3 Å². The van der Waals surface area contributed by atoms with Crippen molar-refractivity contribution < 1.29 is 28.7 Å². The Balaban J connectivity index is 0.929. The van der Waals surface area contributed by atoms with Gasteiger partial charge in [0.15, 0.2) is 5.65 Å². The third kappa shape index (κ3) is 8.84. The van der Waals surface area contributed by atoms with E-state index < -0.39 is 18.0 Å². The number of benzene rings is 4. The Morgan fingerprint density at radius 3 is 2.54 bits per heavy atom. The maximum absolute atomic E-state index is 14.3. The summed E-state index contributed by atoms with van der Waals surface area (Å²) >= 11 is 6.40. The molecule has 5 heterocycles. The summed E-state index contributed by atoms with van der Waals surface area (Å²) in [6.07, 6.45) is 3.18. The number of halogens is 1. The highest BCUT2D eigenvalue weighted by Gasteiger charge is 2.39. The first-order valence-corrected chi connectivity index (χ1v) is 21.7. The number of aromatic nitrogens is 4. The summed E-state index contributed by atoms with van der Waals surface area (Å²) in [6, 6.07) is 26.0. The second-order valence-corrected chi connectivity index (χ2v) is 16.9. The Morgan fingerprint density at radius 2 is 1.77 bits per heavy atom. The van der Waals surface area contributed by atoms with E-state index in [1.165, 1.54) is 16.1 Å². The molecule has 2 aromatic heterocycles. The number of rotatable bonds is 11. The van der Waals surface area contributed by atoms with Gasteiger partial charge in [0, 0.05) is 60.0 Å². The van der Waals surface area contributed by atoms with Gasteiger partial charge in [0.2, 0.25) is 11.8 Å². The van der Waals surface area contributed by atoms with Gasteiger partial charge in [-0.05, 0) is 97.5 Å². The summed E-state index contributed by atoms with van der Waals surface area (Å²) in [6.45, 7) is 6.93. The van der Waals surface area contributed by atoms with Crippen LogP contribution in [0.2, 0.25) is 5.02 Å². The number of nitrogens with two attached hydrogens (primary N) is 1. The molecule has 0 aliphatic carbocycles. The number of carbonyl (C=O) groups is 5. The fraction of sp³-hybridized carbons (Fsp3) is 0.250. The van der Waals surface area contributed by atoms with Gasteiger partial charge in [-0.1, -0.05) is 54.6 Å². The van der Waals surface area contributed by atoms with E-state index in [0.717, 1.165) is 23.3 Å². The first-order valence-electron chi connectivity index (χ1n) is 21.3. The molecule has 3 aliphatic heterocycles. The second kappa shape index (κ2) is 17.9. The first kappa shape index (κ1) is 42.7. The molecule has 4 aromatic carbocycles. The Morgan fingerprint density at radius 1 is 0.985 bits per heavy atom. The van der Waals surface area contributed by atoms with Crippen LogP contribution < -0.4 is 21.1 Å². The van der Waals surface area contributed by atoms with Gasteiger partial charge < -0.3 is 30.5 Å². The van der Waals surface area contributed by atoms with Gasteiger partial charge >= 0.3 is 6.03 Å². The predicted molar refractivity (Wildman–Crippen MR) is 244 cm³/mol. The van der Waals surface area contributed by atoms with Gasteiger partial charge in [-0.3, -0.25) is 24.5 Å². The molecule has 0 bridgehead atoms. The third-order valence-electron chi connectivity index (χ3n) is 12.0. The number of hydrogen-bond acceptors (Lipinski definition) is 10. The average Bonchev–Trinajstić information content (AvgIpc) is 3.86. The van der Waals surface area contributed by atoms with Crippen molar-refractivity contribution >= 4 is 63.8 Å². The summed E-state index contributed by atoms with van der Waals surface area (Å²) in [5, 5.41) is 11.4. The zero-order valence-electron chi connectivity index (χ0n) is 35.5. The normalized spacial score (nSPS) is 17.2. The Bertz CT molecular complexity index is 2890. The van der Waals surface area contributed by atoms with Gasteiger partial charge in [0.1, 0.15) is 35.4 Å². The number of aryl methyl sites for hydroxylation is 1. The SMILES string of the molecule is C=C(CN(Cc1ccc2c(c1)CN(C1CCC(=O)NC1=O)C2=O)C(=O)Nc1ccc(C)c(Cl)c1)C(=O)N1CCC[C@@H](n2nc(-c3ccc(Oc4ccccc4)cc3)c3c(N)ncnc32)C1. The van der Waals surface area contributed by atoms with Crippen molar-refractivity contribution in [1.82, 2.24) is 39.8 Å². The van der Waals surface area contributed by atoms with Gasteiger partial charge in [-0.2, -0.15) is 5.10 Å². The molecule has 9 rings (SSSR count). The number of piperidine rings is 2. The molecule has 17 heteroatoms. The molecule has 3 aliphatic rings. The molecule has 4 N–H and O–H groups in total. The number of para-hydroxylation sites is 1. The Labute approximate surface area is 379 Å². The molecule has 6 amide bonds. The summed E-state index contributed by atoms with van der Waals surface area (Å²) < 4.78 is 7.83. The molecule has 330 valence electrons. The Hall–Kier alpha value is -7.59. The number of nitrogen functional groups attached to an aromatic ring is 1. The number of nitrogens with zero attached hydrogens (tertiary/aromatic N) is 7. The summed E-state index contributed by atoms with van der Waals surface area (Å²) in [5.74, 6) is 0.184. The largest absolute Gasteiger partial charge is 0.457 e. The van der Waals surface area contributed by atoms with E-state index in [-0.39, 0.29) is 67.6 Å².